The number of para-hydroxylation sites is 2. The van der Waals surface area contributed by atoms with Gasteiger partial charge in [-0.3, -0.25) is 10.1 Å². The maximum absolute atomic E-state index is 12.0. The van der Waals surface area contributed by atoms with Crippen LogP contribution in [0.2, 0.25) is 0 Å². The predicted molar refractivity (Wildman–Crippen MR) is 123 cm³/mol. The first-order valence-corrected chi connectivity index (χ1v) is 10.6. The van der Waals surface area contributed by atoms with E-state index >= 15 is 0 Å². The van der Waals surface area contributed by atoms with Gasteiger partial charge in [0, 0.05) is 41.2 Å². The molecule has 156 valence electrons. The van der Waals surface area contributed by atoms with E-state index < -0.39 is 11.0 Å². The molecule has 1 heterocycles. The molecule has 1 N–H and O–H groups in total. The smallest absolute Gasteiger partial charge is 0.340 e. The van der Waals surface area contributed by atoms with E-state index in [0.29, 0.717) is 12.1 Å². The number of fused-ring (bicyclic) bond motifs is 2. The molecule has 0 saturated carbocycles. The second-order valence-corrected chi connectivity index (χ2v) is 7.97. The highest BCUT2D eigenvalue weighted by atomic mass is 32.2. The Morgan fingerprint density at radius 2 is 1.61 bits per heavy atom. The number of carbonyl (C=O) groups excluding carboxylic acids is 1. The summed E-state index contributed by atoms with van der Waals surface area (Å²) in [5, 5.41) is 13.5. The second-order valence-electron chi connectivity index (χ2n) is 6.88. The number of anilines is 2. The number of hydrogen-bond acceptors (Lipinski definition) is 5. The average Bonchev–Trinajstić information content (AvgIpc) is 2.80. The Balaban J connectivity index is 1.32. The highest BCUT2D eigenvalue weighted by Gasteiger charge is 2.22. The molecule has 0 unspecified atom stereocenters. The van der Waals surface area contributed by atoms with Crippen molar-refractivity contribution >= 4 is 41.1 Å². The van der Waals surface area contributed by atoms with E-state index in [1.165, 1.54) is 39.5 Å². The summed E-state index contributed by atoms with van der Waals surface area (Å²) in [5.41, 5.74) is 2.98. The van der Waals surface area contributed by atoms with Crippen LogP contribution in [0.4, 0.5) is 21.9 Å². The molecular formula is C23H20N4O3S. The number of nitrogens with zero attached hydrogens (tertiary/aromatic N) is 3. The fourth-order valence-corrected chi connectivity index (χ4v) is 4.41. The summed E-state index contributed by atoms with van der Waals surface area (Å²) in [7, 11) is 0. The van der Waals surface area contributed by atoms with Gasteiger partial charge in [-0.15, -0.1) is 0 Å². The van der Waals surface area contributed by atoms with Crippen LogP contribution in [0.25, 0.3) is 0 Å². The number of hydrogen-bond donors (Lipinski definition) is 1. The minimum atomic E-state index is -0.467. The molecule has 0 radical (unpaired) electrons. The maximum atomic E-state index is 12.0. The molecule has 2 amide bonds. The molecule has 0 spiro atoms. The van der Waals surface area contributed by atoms with Gasteiger partial charge in [-0.25, -0.2) is 9.79 Å². The van der Waals surface area contributed by atoms with Crippen LogP contribution in [0.5, 0.6) is 0 Å². The van der Waals surface area contributed by atoms with Crippen LogP contribution in [0.15, 0.2) is 87.6 Å². The van der Waals surface area contributed by atoms with Crippen LogP contribution >= 0.6 is 11.8 Å². The standard InChI is InChI=1S/C23H20N4O3S/c28-23(25-16-17-10-12-18(13-11-17)27(29)30)24-14-5-15-26-19-6-1-3-8-21(19)31-22-9-4-2-7-20(22)26/h1-4,6-13,16H,5,14-15H2,(H,24,28)/b25-16+. The molecule has 3 aromatic rings. The normalized spacial score (nSPS) is 12.3. The van der Waals surface area contributed by atoms with Crippen LogP contribution in [0.3, 0.4) is 0 Å². The van der Waals surface area contributed by atoms with Crippen molar-refractivity contribution in [3.05, 3.63) is 88.5 Å². The maximum Gasteiger partial charge on any atom is 0.340 e. The van der Waals surface area contributed by atoms with E-state index in [4.69, 9.17) is 0 Å². The number of rotatable bonds is 6. The Hall–Kier alpha value is -3.65. The number of benzene rings is 3. The van der Waals surface area contributed by atoms with E-state index in [2.05, 4.69) is 39.5 Å². The zero-order valence-corrected chi connectivity index (χ0v) is 17.4. The Labute approximate surface area is 184 Å². The first-order chi connectivity index (χ1) is 15.1. The van der Waals surface area contributed by atoms with Gasteiger partial charge in [0.05, 0.1) is 16.3 Å². The lowest BCUT2D eigenvalue weighted by molar-refractivity contribution is -0.384. The van der Waals surface area contributed by atoms with Crippen LogP contribution in [0, 0.1) is 10.1 Å². The third-order valence-corrected chi connectivity index (χ3v) is 5.93. The molecule has 0 aromatic heterocycles. The molecule has 1 aliphatic heterocycles. The largest absolute Gasteiger partial charge is 0.340 e. The summed E-state index contributed by atoms with van der Waals surface area (Å²) in [6.45, 7) is 1.26. The summed E-state index contributed by atoms with van der Waals surface area (Å²) < 4.78 is 0. The molecule has 7 nitrogen and oxygen atoms in total. The van der Waals surface area contributed by atoms with E-state index in [1.807, 2.05) is 24.3 Å². The third kappa shape index (κ3) is 4.92. The van der Waals surface area contributed by atoms with Gasteiger partial charge in [0.15, 0.2) is 0 Å². The summed E-state index contributed by atoms with van der Waals surface area (Å²) in [4.78, 5) is 30.8. The highest BCUT2D eigenvalue weighted by molar-refractivity contribution is 7.99. The number of non-ortho nitro benzene ring substituents is 1. The molecular weight excluding hydrogens is 412 g/mol. The van der Waals surface area contributed by atoms with Gasteiger partial charge in [-0.05, 0) is 48.4 Å². The van der Waals surface area contributed by atoms with Gasteiger partial charge in [0.2, 0.25) is 0 Å². The molecule has 0 aliphatic carbocycles. The number of nitrogens with one attached hydrogen (secondary N) is 1. The quantitative estimate of drug-likeness (QED) is 0.243. The van der Waals surface area contributed by atoms with Gasteiger partial charge >= 0.3 is 6.03 Å². The lowest BCUT2D eigenvalue weighted by Gasteiger charge is -2.32. The number of nitro groups is 1. The molecule has 3 aromatic carbocycles. The molecule has 31 heavy (non-hydrogen) atoms. The van der Waals surface area contributed by atoms with Gasteiger partial charge in [0.1, 0.15) is 0 Å². The molecule has 0 bridgehead atoms. The number of amides is 2. The predicted octanol–water partition coefficient (Wildman–Crippen LogP) is 5.42. The molecule has 0 atom stereocenters. The van der Waals surface area contributed by atoms with Crippen molar-refractivity contribution in [2.24, 2.45) is 4.99 Å². The summed E-state index contributed by atoms with van der Waals surface area (Å²) in [5.74, 6) is 0. The van der Waals surface area contributed by atoms with Crippen LogP contribution in [-0.4, -0.2) is 30.3 Å². The van der Waals surface area contributed by atoms with Crippen molar-refractivity contribution < 1.29 is 9.72 Å². The summed E-state index contributed by atoms with van der Waals surface area (Å²) in [6.07, 6.45) is 2.15. The van der Waals surface area contributed by atoms with E-state index in [9.17, 15) is 14.9 Å². The SMILES string of the molecule is O=C(/N=C/c1ccc([N+](=O)[O-])cc1)NCCCN1c2ccccc2Sc2ccccc21. The molecule has 0 fully saturated rings. The Bertz CT molecular complexity index is 1090. The second kappa shape index (κ2) is 9.44. The van der Waals surface area contributed by atoms with Crippen LogP contribution in [-0.2, 0) is 0 Å². The van der Waals surface area contributed by atoms with Crippen molar-refractivity contribution in [3.63, 3.8) is 0 Å². The minimum absolute atomic E-state index is 0.000798. The number of carbonyl (C=O) groups is 1. The Kier molecular flexibility index (Phi) is 6.28. The molecule has 1 aliphatic rings. The van der Waals surface area contributed by atoms with Gasteiger partial charge in [-0.2, -0.15) is 0 Å². The number of aliphatic imine (C=N–C) groups is 1. The highest BCUT2D eigenvalue weighted by Crippen LogP contribution is 2.47. The zero-order valence-electron chi connectivity index (χ0n) is 16.6. The lowest BCUT2D eigenvalue weighted by Crippen LogP contribution is -2.27. The van der Waals surface area contributed by atoms with E-state index in [0.717, 1.165) is 13.0 Å². The van der Waals surface area contributed by atoms with Crippen LogP contribution < -0.4 is 10.2 Å². The fraction of sp³-hybridized carbons (Fsp3) is 0.130. The van der Waals surface area contributed by atoms with Crippen molar-refractivity contribution in [1.82, 2.24) is 5.32 Å². The lowest BCUT2D eigenvalue weighted by atomic mass is 10.2. The summed E-state index contributed by atoms with van der Waals surface area (Å²) in [6, 6.07) is 22.1. The van der Waals surface area contributed by atoms with Crippen molar-refractivity contribution in [3.8, 4) is 0 Å². The summed E-state index contributed by atoms with van der Waals surface area (Å²) >= 11 is 1.77. The fourth-order valence-electron chi connectivity index (χ4n) is 3.32. The van der Waals surface area contributed by atoms with Crippen molar-refractivity contribution in [2.75, 3.05) is 18.0 Å². The number of urea groups is 1. The molecule has 8 heteroatoms. The van der Waals surface area contributed by atoms with E-state index in [-0.39, 0.29) is 5.69 Å². The van der Waals surface area contributed by atoms with Gasteiger partial charge < -0.3 is 10.2 Å². The van der Waals surface area contributed by atoms with Gasteiger partial charge in [0.25, 0.3) is 5.69 Å². The van der Waals surface area contributed by atoms with Gasteiger partial charge in [-0.1, -0.05) is 36.0 Å². The van der Waals surface area contributed by atoms with E-state index in [1.54, 1.807) is 23.9 Å². The first kappa shape index (κ1) is 20.6. The molecule has 4 rings (SSSR count). The van der Waals surface area contributed by atoms with Crippen molar-refractivity contribution in [2.45, 2.75) is 16.2 Å². The average molecular weight is 433 g/mol. The Morgan fingerprint density at radius 3 is 2.23 bits per heavy atom. The van der Waals surface area contributed by atoms with Crippen LogP contribution in [0.1, 0.15) is 12.0 Å². The monoisotopic (exact) mass is 432 g/mol. The first-order valence-electron chi connectivity index (χ1n) is 9.81. The number of nitro benzene ring substituents is 1. The third-order valence-electron chi connectivity index (χ3n) is 4.80. The topological polar surface area (TPSA) is 87.8 Å². The minimum Gasteiger partial charge on any atom is -0.340 e. The van der Waals surface area contributed by atoms with Crippen molar-refractivity contribution in [1.29, 1.82) is 0 Å². The molecule has 0 saturated heterocycles. The zero-order chi connectivity index (χ0) is 21.6. The Morgan fingerprint density at radius 1 is 1.00 bits per heavy atom.